The molecule has 0 saturated carbocycles. The van der Waals surface area contributed by atoms with Crippen molar-refractivity contribution in [1.82, 2.24) is 0 Å². The fourth-order valence-corrected chi connectivity index (χ4v) is 3.62. The highest BCUT2D eigenvalue weighted by Crippen LogP contribution is 2.51. The largest absolute Gasteiger partial charge is 0.654 e. The highest BCUT2D eigenvalue weighted by atomic mass is 31.2. The quantitative estimate of drug-likeness (QED) is 0.450. The fraction of sp³-hybridized carbons (Fsp3) is 0.125. The number of phosphoric acid groups is 1. The average Bonchev–Trinajstić information content (AvgIpc) is 2.74. The van der Waals surface area contributed by atoms with Crippen molar-refractivity contribution in [3.63, 3.8) is 0 Å². The molecule has 0 aliphatic carbocycles. The number of hydrogen-bond acceptors (Lipinski definition) is 7. The van der Waals surface area contributed by atoms with Crippen LogP contribution in [-0.4, -0.2) is 17.9 Å². The molecule has 0 saturated heterocycles. The molecule has 0 aliphatic rings. The Kier molecular flexibility index (Phi) is 6.91. The van der Waals surface area contributed by atoms with Crippen LogP contribution < -0.4 is 0 Å². The van der Waals surface area contributed by atoms with Crippen LogP contribution in [0.3, 0.4) is 0 Å². The molecule has 0 fully saturated rings. The van der Waals surface area contributed by atoms with E-state index in [4.69, 9.17) is 13.6 Å². The molecule has 0 atom stereocenters. The van der Waals surface area contributed by atoms with Gasteiger partial charge in [0.2, 0.25) is 0 Å². The summed E-state index contributed by atoms with van der Waals surface area (Å²) >= 11 is 0. The van der Waals surface area contributed by atoms with Gasteiger partial charge in [-0.1, -0.05) is 53.1 Å². The molecule has 0 N–H and O–H groups in total. The van der Waals surface area contributed by atoms with Gasteiger partial charge in [-0.25, -0.2) is 14.4 Å². The van der Waals surface area contributed by atoms with Gasteiger partial charge < -0.3 is 13.6 Å². The zero-order valence-electron chi connectivity index (χ0n) is 17.7. The number of carbonyl (C=O) groups excluding carboxylic acids is 3. The Hall–Kier alpha value is -3.70. The van der Waals surface area contributed by atoms with E-state index in [1.807, 2.05) is 20.8 Å². The van der Waals surface area contributed by atoms with Gasteiger partial charge in [-0.3, -0.25) is 0 Å². The second-order valence-corrected chi connectivity index (χ2v) is 8.62. The van der Waals surface area contributed by atoms with Gasteiger partial charge in [0.15, 0.2) is 0 Å². The third kappa shape index (κ3) is 5.93. The second kappa shape index (κ2) is 9.62. The van der Waals surface area contributed by atoms with Crippen molar-refractivity contribution in [3.05, 3.63) is 106 Å². The zero-order valence-corrected chi connectivity index (χ0v) is 18.6. The minimum atomic E-state index is -4.97. The van der Waals surface area contributed by atoms with E-state index >= 15 is 0 Å². The van der Waals surface area contributed by atoms with E-state index < -0.39 is 25.7 Å². The van der Waals surface area contributed by atoms with Gasteiger partial charge >= 0.3 is 25.7 Å². The molecule has 3 aromatic carbocycles. The van der Waals surface area contributed by atoms with Crippen LogP contribution in [0.5, 0.6) is 0 Å². The van der Waals surface area contributed by atoms with Crippen LogP contribution in [0.1, 0.15) is 47.8 Å². The van der Waals surface area contributed by atoms with Gasteiger partial charge in [0.05, 0.1) is 16.7 Å². The highest BCUT2D eigenvalue weighted by molar-refractivity contribution is 7.50. The van der Waals surface area contributed by atoms with Crippen molar-refractivity contribution in [1.29, 1.82) is 0 Å². The number of aryl methyl sites for hydroxylation is 3. The molecule has 0 unspecified atom stereocenters. The molecule has 7 nitrogen and oxygen atoms in total. The first-order chi connectivity index (χ1) is 15.1. The number of carbonyl (C=O) groups is 3. The lowest BCUT2D eigenvalue weighted by Gasteiger charge is -2.16. The number of hydrogen-bond donors (Lipinski definition) is 0. The monoisotopic (exact) mass is 452 g/mol. The van der Waals surface area contributed by atoms with E-state index in [2.05, 4.69) is 0 Å². The summed E-state index contributed by atoms with van der Waals surface area (Å²) in [6.07, 6.45) is 0. The maximum atomic E-state index is 13.2. The number of phosphoric ester groups is 1. The molecule has 0 amide bonds. The molecule has 8 heteroatoms. The van der Waals surface area contributed by atoms with E-state index in [0.29, 0.717) is 0 Å². The summed E-state index contributed by atoms with van der Waals surface area (Å²) in [6.45, 7) is 5.48. The summed E-state index contributed by atoms with van der Waals surface area (Å²) in [7, 11) is -4.97. The van der Waals surface area contributed by atoms with Gasteiger partial charge in [-0.2, -0.15) is 4.57 Å². The molecule has 0 radical (unpaired) electrons. The summed E-state index contributed by atoms with van der Waals surface area (Å²) in [5, 5.41) is 0. The summed E-state index contributed by atoms with van der Waals surface area (Å²) in [5.41, 5.74) is 2.82. The Morgan fingerprint density at radius 1 is 0.500 bits per heavy atom. The van der Waals surface area contributed by atoms with Crippen molar-refractivity contribution in [3.8, 4) is 0 Å². The third-order valence-electron chi connectivity index (χ3n) is 4.45. The minimum Gasteiger partial charge on any atom is -0.348 e. The molecule has 0 heterocycles. The standard InChI is InChI=1S/C24H21O7P/c1-16-4-10-19(11-5-16)22(25)29-32(28,30-23(26)20-12-6-17(2)7-13-20)31-24(27)21-14-8-18(3)9-15-21/h4-15H,1-3H3. The molecule has 3 rings (SSSR count). The molecule has 0 aliphatic heterocycles. The number of rotatable bonds is 6. The lowest BCUT2D eigenvalue weighted by Crippen LogP contribution is -2.14. The summed E-state index contributed by atoms with van der Waals surface area (Å²) < 4.78 is 28.0. The lowest BCUT2D eigenvalue weighted by molar-refractivity contribution is 0.0471. The molecular formula is C24H21O7P. The SMILES string of the molecule is Cc1ccc(C(=O)OP(=O)(OC(=O)c2ccc(C)cc2)OC(=O)c2ccc(C)cc2)cc1. The molecule has 32 heavy (non-hydrogen) atoms. The van der Waals surface area contributed by atoms with E-state index in [1.54, 1.807) is 36.4 Å². The first-order valence-corrected chi connectivity index (χ1v) is 11.1. The van der Waals surface area contributed by atoms with Gasteiger partial charge in [0, 0.05) is 0 Å². The van der Waals surface area contributed by atoms with Crippen molar-refractivity contribution in [2.24, 2.45) is 0 Å². The lowest BCUT2D eigenvalue weighted by atomic mass is 10.2. The van der Waals surface area contributed by atoms with Crippen LogP contribution in [0.25, 0.3) is 0 Å². The summed E-state index contributed by atoms with van der Waals surface area (Å²) in [4.78, 5) is 37.6. The highest BCUT2D eigenvalue weighted by Gasteiger charge is 2.40. The van der Waals surface area contributed by atoms with Crippen LogP contribution in [0.4, 0.5) is 0 Å². The van der Waals surface area contributed by atoms with Crippen molar-refractivity contribution >= 4 is 25.7 Å². The zero-order chi connectivity index (χ0) is 23.3. The molecule has 0 bridgehead atoms. The maximum Gasteiger partial charge on any atom is 0.654 e. The van der Waals surface area contributed by atoms with Gasteiger partial charge in [-0.05, 0) is 57.2 Å². The Morgan fingerprint density at radius 3 is 0.938 bits per heavy atom. The topological polar surface area (TPSA) is 96.0 Å². The minimum absolute atomic E-state index is 0.0496. The van der Waals surface area contributed by atoms with Crippen molar-refractivity contribution < 1.29 is 32.5 Å². The Bertz CT molecular complexity index is 1030. The predicted octanol–water partition coefficient (Wildman–Crippen LogP) is 5.59. The molecule has 0 aromatic heterocycles. The Balaban J connectivity index is 1.86. The molecule has 0 spiro atoms. The first kappa shape index (κ1) is 23.0. The predicted molar refractivity (Wildman–Crippen MR) is 117 cm³/mol. The van der Waals surface area contributed by atoms with Crippen LogP contribution >= 0.6 is 7.82 Å². The van der Waals surface area contributed by atoms with Gasteiger partial charge in [-0.15, -0.1) is 0 Å². The molecular weight excluding hydrogens is 431 g/mol. The normalized spacial score (nSPS) is 10.8. The van der Waals surface area contributed by atoms with Crippen LogP contribution in [0.15, 0.2) is 72.8 Å². The smallest absolute Gasteiger partial charge is 0.348 e. The fourth-order valence-electron chi connectivity index (χ4n) is 2.59. The van der Waals surface area contributed by atoms with E-state index in [0.717, 1.165) is 16.7 Å². The van der Waals surface area contributed by atoms with Crippen LogP contribution in [-0.2, 0) is 18.1 Å². The van der Waals surface area contributed by atoms with Crippen molar-refractivity contribution in [2.45, 2.75) is 20.8 Å². The second-order valence-electron chi connectivity index (χ2n) is 7.18. The summed E-state index contributed by atoms with van der Waals surface area (Å²) in [6, 6.07) is 18.6. The average molecular weight is 452 g/mol. The number of benzene rings is 3. The first-order valence-electron chi connectivity index (χ1n) is 9.67. The maximum absolute atomic E-state index is 13.2. The molecule has 3 aromatic rings. The Labute approximate surface area is 185 Å². The van der Waals surface area contributed by atoms with Crippen LogP contribution in [0, 0.1) is 20.8 Å². The van der Waals surface area contributed by atoms with Crippen LogP contribution in [0.2, 0.25) is 0 Å². The van der Waals surface area contributed by atoms with E-state index in [9.17, 15) is 18.9 Å². The Morgan fingerprint density at radius 2 is 0.719 bits per heavy atom. The third-order valence-corrected chi connectivity index (χ3v) is 5.61. The van der Waals surface area contributed by atoms with E-state index in [-0.39, 0.29) is 16.7 Å². The molecule has 164 valence electrons. The van der Waals surface area contributed by atoms with Crippen molar-refractivity contribution in [2.75, 3.05) is 0 Å². The van der Waals surface area contributed by atoms with Gasteiger partial charge in [0.25, 0.3) is 0 Å². The van der Waals surface area contributed by atoms with Gasteiger partial charge in [0.1, 0.15) is 0 Å². The summed E-state index contributed by atoms with van der Waals surface area (Å²) in [5.74, 6) is -3.20. The van der Waals surface area contributed by atoms with E-state index in [1.165, 1.54) is 36.4 Å².